The Morgan fingerprint density at radius 1 is 0.480 bits per heavy atom. The van der Waals surface area contributed by atoms with Crippen molar-refractivity contribution >= 4 is 40.9 Å². The molecule has 0 atom stereocenters. The fourth-order valence-electron chi connectivity index (χ4n) is 2.53. The zero-order chi connectivity index (χ0) is 15.5. The van der Waals surface area contributed by atoms with Crippen LogP contribution in [0.4, 0.5) is 17.1 Å². The normalized spacial score (nSPS) is 9.60. The third kappa shape index (κ3) is 5.95. The molecule has 3 nitrogen and oxygen atoms in total. The largest absolute Gasteiger partial charge is 1.00 e. The molecule has 0 bridgehead atoms. The minimum atomic E-state index is -0.615. The molecule has 0 amide bonds. The summed E-state index contributed by atoms with van der Waals surface area (Å²) in [6.07, 6.45) is 0. The number of rotatable bonds is 3. The topological polar surface area (TPSA) is 82.9 Å². The molecule has 0 aliphatic heterocycles. The molecule has 0 spiro atoms. The highest BCUT2D eigenvalue weighted by Crippen LogP contribution is 2.33. The molecule has 3 rings (SSSR count). The van der Waals surface area contributed by atoms with Gasteiger partial charge in [0.2, 0.25) is 0 Å². The van der Waals surface area contributed by atoms with Crippen molar-refractivity contribution in [2.75, 3.05) is 0 Å². The minimum absolute atomic E-state index is 0. The van der Waals surface area contributed by atoms with Crippen LogP contribution in [0.15, 0.2) is 72.8 Å². The van der Waals surface area contributed by atoms with Gasteiger partial charge in [0.25, 0.3) is 0 Å². The molecule has 0 radical (unpaired) electrons. The van der Waals surface area contributed by atoms with E-state index in [1.165, 1.54) is 15.9 Å². The van der Waals surface area contributed by atoms with Gasteiger partial charge >= 0.3 is 0 Å². The smallest absolute Gasteiger partial charge is 0.128 e. The summed E-state index contributed by atoms with van der Waals surface area (Å²) in [5, 5.41) is 3.91. The molecule has 3 aromatic rings. The summed E-state index contributed by atoms with van der Waals surface area (Å²) in [4.78, 5) is 0. The van der Waals surface area contributed by atoms with E-state index in [1.54, 1.807) is 0 Å². The number of benzene rings is 3. The van der Waals surface area contributed by atoms with Gasteiger partial charge in [0, 0.05) is 18.2 Å². The van der Waals surface area contributed by atoms with Crippen molar-refractivity contribution < 1.29 is 54.4 Å². The molecule has 7 heteroatoms. The van der Waals surface area contributed by atoms with Crippen molar-refractivity contribution in [2.45, 2.75) is 0 Å². The van der Waals surface area contributed by atoms with Gasteiger partial charge in [-0.3, -0.25) is 0 Å². The first-order valence-electron chi connectivity index (χ1n) is 7.20. The molecule has 0 unspecified atom stereocenters. The lowest BCUT2D eigenvalue weighted by atomic mass is 10.3. The summed E-state index contributed by atoms with van der Waals surface area (Å²) in [5.74, 6) is 0. The van der Waals surface area contributed by atoms with Crippen molar-refractivity contribution in [2.24, 2.45) is 0 Å². The SMILES string of the molecule is [Cl-].[Cl-].[Cl-].[NH3+]c1cccc(P(c2cccc([NH3+])c2)c2cccc([NH3+])c2)c1. The summed E-state index contributed by atoms with van der Waals surface area (Å²) in [7, 11) is -0.615. The third-order valence-electron chi connectivity index (χ3n) is 3.51. The highest BCUT2D eigenvalue weighted by Gasteiger charge is 2.18. The molecule has 0 heterocycles. The average Bonchev–Trinajstić information content (AvgIpc) is 2.48. The Morgan fingerprint density at radius 3 is 1.00 bits per heavy atom. The number of halogens is 3. The molecule has 0 saturated heterocycles. The first kappa shape index (κ1) is 23.8. The second-order valence-corrected chi connectivity index (χ2v) is 7.57. The minimum Gasteiger partial charge on any atom is -1.00 e. The molecule has 0 aliphatic carbocycles. The maximum absolute atomic E-state index is 4.07. The van der Waals surface area contributed by atoms with Crippen molar-refractivity contribution in [1.29, 1.82) is 0 Å². The van der Waals surface area contributed by atoms with Crippen LogP contribution >= 0.6 is 7.92 Å². The number of hydrogen-bond acceptors (Lipinski definition) is 0. The number of hydrogen-bond donors (Lipinski definition) is 3. The van der Waals surface area contributed by atoms with E-state index in [1.807, 2.05) is 18.2 Å². The lowest BCUT2D eigenvalue weighted by Gasteiger charge is -2.19. The summed E-state index contributed by atoms with van der Waals surface area (Å²) in [6.45, 7) is 0. The second-order valence-electron chi connectivity index (χ2n) is 5.35. The molecule has 9 N–H and O–H groups in total. The van der Waals surface area contributed by atoms with Gasteiger partial charge in [0.05, 0.1) is 0 Å². The predicted molar refractivity (Wildman–Crippen MR) is 92.8 cm³/mol. The van der Waals surface area contributed by atoms with Crippen LogP contribution in [0.5, 0.6) is 0 Å². The summed E-state index contributed by atoms with van der Waals surface area (Å²) in [6, 6.07) is 25.4. The molecule has 0 aromatic heterocycles. The Kier molecular flexibility index (Phi) is 10.2. The van der Waals surface area contributed by atoms with Crippen molar-refractivity contribution in [3.05, 3.63) is 72.8 Å². The monoisotopic (exact) mass is 415 g/mol. The van der Waals surface area contributed by atoms with Crippen LogP contribution in [0.1, 0.15) is 0 Å². The van der Waals surface area contributed by atoms with E-state index >= 15 is 0 Å². The van der Waals surface area contributed by atoms with Crippen molar-refractivity contribution in [3.63, 3.8) is 0 Å². The first-order valence-corrected chi connectivity index (χ1v) is 8.54. The highest BCUT2D eigenvalue weighted by atomic mass is 35.5. The van der Waals surface area contributed by atoms with Crippen LogP contribution in [-0.4, -0.2) is 0 Å². The van der Waals surface area contributed by atoms with Crippen LogP contribution < -0.4 is 70.3 Å². The van der Waals surface area contributed by atoms with E-state index < -0.39 is 7.92 Å². The Labute approximate surface area is 168 Å². The van der Waals surface area contributed by atoms with Gasteiger partial charge in [-0.05, 0) is 42.0 Å². The maximum Gasteiger partial charge on any atom is 0.128 e. The molecule has 0 saturated carbocycles. The zero-order valence-corrected chi connectivity index (χ0v) is 16.8. The quantitative estimate of drug-likeness (QED) is 0.355. The lowest BCUT2D eigenvalue weighted by Crippen LogP contribution is -3.00. The van der Waals surface area contributed by atoms with Crippen molar-refractivity contribution in [1.82, 2.24) is 0 Å². The average molecular weight is 417 g/mol. The second kappa shape index (κ2) is 10.7. The van der Waals surface area contributed by atoms with Gasteiger partial charge in [-0.15, -0.1) is 0 Å². The Morgan fingerprint density at radius 2 is 0.760 bits per heavy atom. The molecule has 25 heavy (non-hydrogen) atoms. The standard InChI is InChI=1S/C18H18N3P.3ClH/c19-13-4-1-7-16(10-13)22(17-8-2-5-14(20)11-17)18-9-3-6-15(21)12-18;;;/h1-12H,19-21H2;3*1H. The van der Waals surface area contributed by atoms with Crippen LogP contribution in [0, 0.1) is 0 Å². The lowest BCUT2D eigenvalue weighted by molar-refractivity contribution is -0.255. The van der Waals surface area contributed by atoms with E-state index in [0.717, 1.165) is 17.1 Å². The number of quaternary nitrogens is 3. The van der Waals surface area contributed by atoms with Gasteiger partial charge in [0.1, 0.15) is 17.1 Å². The Hall–Kier alpha value is -1.16. The zero-order valence-electron chi connectivity index (χ0n) is 13.6. The summed E-state index contributed by atoms with van der Waals surface area (Å²) < 4.78 is 0. The highest BCUT2D eigenvalue weighted by molar-refractivity contribution is 7.79. The van der Waals surface area contributed by atoms with Crippen LogP contribution in [-0.2, 0) is 0 Å². The van der Waals surface area contributed by atoms with Gasteiger partial charge in [0.15, 0.2) is 0 Å². The van der Waals surface area contributed by atoms with Crippen LogP contribution in [0.25, 0.3) is 0 Å². The maximum atomic E-state index is 4.07. The van der Waals surface area contributed by atoms with E-state index in [-0.39, 0.29) is 37.2 Å². The Bertz CT molecular complexity index is 707. The van der Waals surface area contributed by atoms with Gasteiger partial charge < -0.3 is 54.4 Å². The molecule has 0 aliphatic rings. The van der Waals surface area contributed by atoms with Crippen LogP contribution in [0.2, 0.25) is 0 Å². The Balaban J connectivity index is 0.00000192. The van der Waals surface area contributed by atoms with Crippen molar-refractivity contribution in [3.8, 4) is 0 Å². The van der Waals surface area contributed by atoms with Gasteiger partial charge in [-0.1, -0.05) is 36.4 Å². The molecule has 0 fully saturated rings. The molecule has 134 valence electrons. The summed E-state index contributed by atoms with van der Waals surface area (Å²) >= 11 is 0. The van der Waals surface area contributed by atoms with E-state index in [2.05, 4.69) is 71.8 Å². The van der Waals surface area contributed by atoms with Gasteiger partial charge in [-0.25, -0.2) is 0 Å². The first-order chi connectivity index (χ1) is 10.6. The van der Waals surface area contributed by atoms with E-state index in [9.17, 15) is 0 Å². The van der Waals surface area contributed by atoms with Gasteiger partial charge in [-0.2, -0.15) is 0 Å². The third-order valence-corrected chi connectivity index (χ3v) is 5.89. The predicted octanol–water partition coefficient (Wildman–Crippen LogP) is -8.92. The van der Waals surface area contributed by atoms with E-state index in [4.69, 9.17) is 0 Å². The summed E-state index contributed by atoms with van der Waals surface area (Å²) in [5.41, 5.74) is 15.3. The van der Waals surface area contributed by atoms with Crippen LogP contribution in [0.3, 0.4) is 0 Å². The molecular formula is C18H21Cl3N3P. The molecule has 3 aromatic carbocycles. The fourth-order valence-corrected chi connectivity index (χ4v) is 5.02. The van der Waals surface area contributed by atoms with E-state index in [0.29, 0.717) is 0 Å². The molecular weight excluding hydrogens is 396 g/mol. The fraction of sp³-hybridized carbons (Fsp3) is 0.